The molecule has 0 aliphatic heterocycles. The normalized spacial score (nSPS) is 10.9. The predicted molar refractivity (Wildman–Crippen MR) is 75.6 cm³/mol. The number of ether oxygens (including phenoxy) is 1. The number of benzene rings is 1. The molecule has 0 aliphatic rings. The van der Waals surface area contributed by atoms with Crippen molar-refractivity contribution in [2.24, 2.45) is 7.05 Å². The Bertz CT molecular complexity index is 534. The van der Waals surface area contributed by atoms with Crippen LogP contribution < -0.4 is 5.32 Å². The van der Waals surface area contributed by atoms with E-state index in [1.54, 1.807) is 7.11 Å². The third-order valence-electron chi connectivity index (χ3n) is 3.04. The number of nitrogens with zero attached hydrogens (tertiary/aromatic N) is 2. The van der Waals surface area contributed by atoms with Crippen molar-refractivity contribution in [3.05, 3.63) is 52.8 Å². The van der Waals surface area contributed by atoms with Crippen LogP contribution >= 0.6 is 0 Å². The Morgan fingerprint density at radius 3 is 2.68 bits per heavy atom. The van der Waals surface area contributed by atoms with Gasteiger partial charge in [-0.25, -0.2) is 0 Å². The van der Waals surface area contributed by atoms with E-state index in [4.69, 9.17) is 4.74 Å². The van der Waals surface area contributed by atoms with Gasteiger partial charge in [0.2, 0.25) is 0 Å². The zero-order valence-electron chi connectivity index (χ0n) is 11.8. The maximum atomic E-state index is 5.14. The lowest BCUT2D eigenvalue weighted by atomic mass is 10.1. The van der Waals surface area contributed by atoms with Crippen molar-refractivity contribution in [1.82, 2.24) is 15.1 Å². The molecule has 0 amide bonds. The van der Waals surface area contributed by atoms with E-state index in [2.05, 4.69) is 40.7 Å². The largest absolute Gasteiger partial charge is 0.380 e. The van der Waals surface area contributed by atoms with Crippen LogP contribution in [-0.2, 0) is 31.5 Å². The average Bonchev–Trinajstić information content (AvgIpc) is 2.69. The number of hydrogen-bond acceptors (Lipinski definition) is 3. The lowest BCUT2D eigenvalue weighted by Crippen LogP contribution is -2.15. The number of aryl methyl sites for hydroxylation is 2. The van der Waals surface area contributed by atoms with Crippen LogP contribution in [0.1, 0.15) is 22.5 Å². The first-order valence-electron chi connectivity index (χ1n) is 6.46. The Labute approximate surface area is 114 Å². The van der Waals surface area contributed by atoms with Gasteiger partial charge >= 0.3 is 0 Å². The van der Waals surface area contributed by atoms with E-state index >= 15 is 0 Å². The molecule has 0 saturated heterocycles. The molecule has 1 aromatic heterocycles. The van der Waals surface area contributed by atoms with Gasteiger partial charge in [0.25, 0.3) is 0 Å². The molecule has 1 heterocycles. The summed E-state index contributed by atoms with van der Waals surface area (Å²) in [5.41, 5.74) is 4.73. The molecule has 0 atom stereocenters. The molecule has 102 valence electrons. The molecule has 4 nitrogen and oxygen atoms in total. The highest BCUT2D eigenvalue weighted by atomic mass is 16.5. The fourth-order valence-electron chi connectivity index (χ4n) is 2.16. The summed E-state index contributed by atoms with van der Waals surface area (Å²) in [6.45, 7) is 4.35. The highest BCUT2D eigenvalue weighted by Gasteiger charge is 2.01. The quantitative estimate of drug-likeness (QED) is 0.864. The van der Waals surface area contributed by atoms with Crippen LogP contribution in [0.3, 0.4) is 0 Å². The maximum Gasteiger partial charge on any atom is 0.0713 e. The van der Waals surface area contributed by atoms with E-state index in [0.717, 1.165) is 18.8 Å². The fourth-order valence-corrected chi connectivity index (χ4v) is 2.16. The van der Waals surface area contributed by atoms with Gasteiger partial charge in [0.05, 0.1) is 18.0 Å². The molecule has 0 radical (unpaired) electrons. The van der Waals surface area contributed by atoms with E-state index < -0.39 is 0 Å². The molecule has 2 aromatic rings. The second-order valence-corrected chi connectivity index (χ2v) is 4.76. The number of nitrogens with one attached hydrogen (secondary N) is 1. The number of rotatable bonds is 6. The Morgan fingerprint density at radius 2 is 2.00 bits per heavy atom. The van der Waals surface area contributed by atoms with Crippen LogP contribution in [0.2, 0.25) is 0 Å². The molecule has 0 unspecified atom stereocenters. The first-order valence-corrected chi connectivity index (χ1v) is 6.46. The standard InChI is InChI=1S/C15H21N3O/c1-12-7-15(18(2)17-12)10-16-9-13-5-4-6-14(8-13)11-19-3/h4-8,16H,9-11H2,1-3H3. The summed E-state index contributed by atoms with van der Waals surface area (Å²) < 4.78 is 7.06. The number of aromatic nitrogens is 2. The van der Waals surface area contributed by atoms with Crippen molar-refractivity contribution in [3.8, 4) is 0 Å². The topological polar surface area (TPSA) is 39.1 Å². The van der Waals surface area contributed by atoms with Crippen LogP contribution in [0.15, 0.2) is 30.3 Å². The van der Waals surface area contributed by atoms with E-state index in [9.17, 15) is 0 Å². The Kier molecular flexibility index (Phi) is 4.71. The molecule has 1 N–H and O–H groups in total. The van der Waals surface area contributed by atoms with Gasteiger partial charge in [-0.05, 0) is 24.1 Å². The molecular weight excluding hydrogens is 238 g/mol. The molecule has 19 heavy (non-hydrogen) atoms. The van der Waals surface area contributed by atoms with Crippen molar-refractivity contribution in [3.63, 3.8) is 0 Å². The van der Waals surface area contributed by atoms with Gasteiger partial charge in [-0.3, -0.25) is 4.68 Å². The predicted octanol–water partition coefficient (Wildman–Crippen LogP) is 2.16. The average molecular weight is 259 g/mol. The van der Waals surface area contributed by atoms with Gasteiger partial charge in [0.15, 0.2) is 0 Å². The number of methoxy groups -OCH3 is 1. The van der Waals surface area contributed by atoms with Crippen LogP contribution in [0.5, 0.6) is 0 Å². The zero-order valence-corrected chi connectivity index (χ0v) is 11.8. The molecule has 0 saturated carbocycles. The SMILES string of the molecule is COCc1cccc(CNCc2cc(C)nn2C)c1. The van der Waals surface area contributed by atoms with Crippen LogP contribution in [0.25, 0.3) is 0 Å². The molecule has 0 aliphatic carbocycles. The van der Waals surface area contributed by atoms with Crippen LogP contribution in [0.4, 0.5) is 0 Å². The smallest absolute Gasteiger partial charge is 0.0713 e. The second-order valence-electron chi connectivity index (χ2n) is 4.76. The van der Waals surface area contributed by atoms with Gasteiger partial charge in [-0.2, -0.15) is 5.10 Å². The van der Waals surface area contributed by atoms with E-state index in [-0.39, 0.29) is 0 Å². The summed E-state index contributed by atoms with van der Waals surface area (Å²) in [7, 11) is 3.69. The third kappa shape index (κ3) is 3.91. The van der Waals surface area contributed by atoms with Gasteiger partial charge in [0, 0.05) is 27.2 Å². The van der Waals surface area contributed by atoms with Crippen molar-refractivity contribution >= 4 is 0 Å². The Hall–Kier alpha value is -1.65. The molecule has 0 spiro atoms. The first kappa shape index (κ1) is 13.8. The first-order chi connectivity index (χ1) is 9.19. The van der Waals surface area contributed by atoms with Crippen LogP contribution in [-0.4, -0.2) is 16.9 Å². The third-order valence-corrected chi connectivity index (χ3v) is 3.04. The molecule has 0 fully saturated rings. The monoisotopic (exact) mass is 259 g/mol. The number of hydrogen-bond donors (Lipinski definition) is 1. The minimum Gasteiger partial charge on any atom is -0.380 e. The van der Waals surface area contributed by atoms with Gasteiger partial charge in [-0.15, -0.1) is 0 Å². The lowest BCUT2D eigenvalue weighted by Gasteiger charge is -2.07. The maximum absolute atomic E-state index is 5.14. The van der Waals surface area contributed by atoms with E-state index in [1.807, 2.05) is 18.7 Å². The highest BCUT2D eigenvalue weighted by molar-refractivity contribution is 5.23. The van der Waals surface area contributed by atoms with E-state index in [0.29, 0.717) is 6.61 Å². The molecular formula is C15H21N3O. The molecule has 4 heteroatoms. The fraction of sp³-hybridized carbons (Fsp3) is 0.400. The van der Waals surface area contributed by atoms with Gasteiger partial charge in [-0.1, -0.05) is 24.3 Å². The summed E-state index contributed by atoms with van der Waals surface area (Å²) in [5.74, 6) is 0. The van der Waals surface area contributed by atoms with Crippen molar-refractivity contribution < 1.29 is 4.74 Å². The van der Waals surface area contributed by atoms with E-state index in [1.165, 1.54) is 16.8 Å². The minimum atomic E-state index is 0.661. The van der Waals surface area contributed by atoms with Gasteiger partial charge in [0.1, 0.15) is 0 Å². The lowest BCUT2D eigenvalue weighted by molar-refractivity contribution is 0.185. The molecule has 0 bridgehead atoms. The zero-order chi connectivity index (χ0) is 13.7. The summed E-state index contributed by atoms with van der Waals surface area (Å²) in [5, 5.41) is 7.78. The summed E-state index contributed by atoms with van der Waals surface area (Å²) in [6.07, 6.45) is 0. The second kappa shape index (κ2) is 6.50. The van der Waals surface area contributed by atoms with Crippen LogP contribution in [0, 0.1) is 6.92 Å². The Morgan fingerprint density at radius 1 is 1.21 bits per heavy atom. The molecule has 2 rings (SSSR count). The highest BCUT2D eigenvalue weighted by Crippen LogP contribution is 2.07. The van der Waals surface area contributed by atoms with Crippen molar-refractivity contribution in [2.45, 2.75) is 26.6 Å². The Balaban J connectivity index is 1.88. The summed E-state index contributed by atoms with van der Waals surface area (Å²) in [6, 6.07) is 10.6. The molecule has 1 aromatic carbocycles. The minimum absolute atomic E-state index is 0.661. The van der Waals surface area contributed by atoms with Crippen molar-refractivity contribution in [2.75, 3.05) is 7.11 Å². The summed E-state index contributed by atoms with van der Waals surface area (Å²) >= 11 is 0. The van der Waals surface area contributed by atoms with Gasteiger partial charge < -0.3 is 10.1 Å². The summed E-state index contributed by atoms with van der Waals surface area (Å²) in [4.78, 5) is 0. The van der Waals surface area contributed by atoms with Crippen molar-refractivity contribution in [1.29, 1.82) is 0 Å².